The Morgan fingerprint density at radius 3 is 2.57 bits per heavy atom. The molecule has 1 aliphatic rings. The topological polar surface area (TPSA) is 105 Å². The maximum absolute atomic E-state index is 13.0. The van der Waals surface area contributed by atoms with Crippen LogP contribution in [0, 0.1) is 0 Å². The van der Waals surface area contributed by atoms with E-state index in [2.05, 4.69) is 15.3 Å². The number of H-pyrrole nitrogens is 1. The average molecular weight is 491 g/mol. The van der Waals surface area contributed by atoms with Crippen molar-refractivity contribution in [3.05, 3.63) is 77.0 Å². The smallest absolute Gasteiger partial charge is 0.326 e. The first kappa shape index (κ1) is 23.0. The highest BCUT2D eigenvalue weighted by Gasteiger charge is 2.26. The minimum absolute atomic E-state index is 0.0436. The zero-order valence-electron chi connectivity index (χ0n) is 19.3. The van der Waals surface area contributed by atoms with Crippen molar-refractivity contribution in [2.45, 2.75) is 24.0 Å². The van der Waals surface area contributed by atoms with E-state index in [1.807, 2.05) is 51.5 Å². The maximum atomic E-state index is 13.0. The summed E-state index contributed by atoms with van der Waals surface area (Å²) in [5, 5.41) is 3.63. The summed E-state index contributed by atoms with van der Waals surface area (Å²) in [7, 11) is 1.88. The van der Waals surface area contributed by atoms with E-state index in [4.69, 9.17) is 0 Å². The summed E-state index contributed by atoms with van der Waals surface area (Å²) >= 11 is 1.36. The second-order valence-corrected chi connectivity index (χ2v) is 9.52. The minimum atomic E-state index is -0.133. The lowest BCUT2D eigenvalue weighted by atomic mass is 10.0. The number of carbonyl (C=O) groups excluding carboxylic acids is 2. The summed E-state index contributed by atoms with van der Waals surface area (Å²) in [6.07, 6.45) is 4.96. The second kappa shape index (κ2) is 9.83. The van der Waals surface area contributed by atoms with Gasteiger partial charge < -0.3 is 19.8 Å². The molecule has 0 radical (unpaired) electrons. The molecule has 0 aliphatic carbocycles. The summed E-state index contributed by atoms with van der Waals surface area (Å²) in [5.74, 6) is 0.0737. The zero-order valence-corrected chi connectivity index (χ0v) is 20.1. The molecule has 3 heterocycles. The highest BCUT2D eigenvalue weighted by atomic mass is 32.2. The largest absolute Gasteiger partial charge is 0.338 e. The Bertz CT molecular complexity index is 1410. The van der Waals surface area contributed by atoms with Gasteiger partial charge in [-0.2, -0.15) is 0 Å². The lowest BCUT2D eigenvalue weighted by Crippen LogP contribution is -2.40. The number of aromatic nitrogens is 4. The van der Waals surface area contributed by atoms with Crippen LogP contribution >= 0.6 is 11.8 Å². The van der Waals surface area contributed by atoms with E-state index in [1.165, 1.54) is 11.8 Å². The van der Waals surface area contributed by atoms with Crippen LogP contribution in [0.5, 0.6) is 0 Å². The lowest BCUT2D eigenvalue weighted by molar-refractivity contribution is -0.113. The predicted molar refractivity (Wildman–Crippen MR) is 136 cm³/mol. The number of aryl methyl sites for hydroxylation is 1. The van der Waals surface area contributed by atoms with Crippen LogP contribution in [0.15, 0.2) is 70.9 Å². The SMILES string of the molecule is Cn1ccnc1SCC(=O)Nc1ccc(C(=O)N2CCC(n3c(=O)[nH]c4ccccc43)CC2)cc1. The van der Waals surface area contributed by atoms with Crippen molar-refractivity contribution >= 4 is 40.3 Å². The predicted octanol–water partition coefficient (Wildman–Crippen LogP) is 3.27. The van der Waals surface area contributed by atoms with Gasteiger partial charge in [-0.05, 0) is 49.2 Å². The van der Waals surface area contributed by atoms with Crippen LogP contribution in [0.3, 0.4) is 0 Å². The molecule has 1 saturated heterocycles. The van der Waals surface area contributed by atoms with Crippen molar-refractivity contribution in [2.75, 3.05) is 24.2 Å². The Labute approximate surface area is 206 Å². The summed E-state index contributed by atoms with van der Waals surface area (Å²) in [5.41, 5.74) is 2.85. The lowest BCUT2D eigenvalue weighted by Gasteiger charge is -2.32. The molecule has 35 heavy (non-hydrogen) atoms. The standard InChI is InChI=1S/C25H26N6O3S/c1-29-15-12-26-25(29)35-16-22(32)27-18-8-6-17(7-9-18)23(33)30-13-10-19(11-14-30)31-21-5-3-2-4-20(21)28-24(31)34/h2-9,12,15,19H,10-11,13-14,16H2,1H3,(H,27,32)(H,28,34). The number of para-hydroxylation sites is 2. The van der Waals surface area contributed by atoms with Gasteiger partial charge in [0, 0.05) is 49.8 Å². The van der Waals surface area contributed by atoms with Crippen LogP contribution in [-0.2, 0) is 11.8 Å². The van der Waals surface area contributed by atoms with Crippen molar-refractivity contribution in [3.63, 3.8) is 0 Å². The van der Waals surface area contributed by atoms with E-state index >= 15 is 0 Å². The maximum Gasteiger partial charge on any atom is 0.326 e. The first-order valence-electron chi connectivity index (χ1n) is 11.5. The third-order valence-corrected chi connectivity index (χ3v) is 7.32. The molecule has 2 N–H and O–H groups in total. The van der Waals surface area contributed by atoms with Gasteiger partial charge >= 0.3 is 5.69 Å². The normalized spacial score (nSPS) is 14.4. The van der Waals surface area contributed by atoms with Gasteiger partial charge in [0.2, 0.25) is 5.91 Å². The van der Waals surface area contributed by atoms with Crippen LogP contribution in [0.4, 0.5) is 5.69 Å². The number of rotatable bonds is 6. The molecule has 0 saturated carbocycles. The average Bonchev–Trinajstić information content (AvgIpc) is 3.44. The van der Waals surface area contributed by atoms with Crippen molar-refractivity contribution in [1.82, 2.24) is 24.0 Å². The molecule has 2 aromatic heterocycles. The third kappa shape index (κ3) is 4.88. The van der Waals surface area contributed by atoms with Crippen molar-refractivity contribution in [2.24, 2.45) is 7.05 Å². The number of likely N-dealkylation sites (tertiary alicyclic amines) is 1. The number of hydrogen-bond acceptors (Lipinski definition) is 5. The number of nitrogens with zero attached hydrogens (tertiary/aromatic N) is 4. The summed E-state index contributed by atoms with van der Waals surface area (Å²) in [4.78, 5) is 46.7. The molecule has 1 fully saturated rings. The van der Waals surface area contributed by atoms with Crippen molar-refractivity contribution < 1.29 is 9.59 Å². The van der Waals surface area contributed by atoms with E-state index in [9.17, 15) is 14.4 Å². The van der Waals surface area contributed by atoms with Crippen LogP contribution in [0.25, 0.3) is 11.0 Å². The number of anilines is 1. The molecule has 0 atom stereocenters. The van der Waals surface area contributed by atoms with Crippen LogP contribution < -0.4 is 11.0 Å². The summed E-state index contributed by atoms with van der Waals surface area (Å²) < 4.78 is 3.68. The Balaban J connectivity index is 1.16. The number of nitrogens with one attached hydrogen (secondary N) is 2. The zero-order chi connectivity index (χ0) is 24.4. The number of amides is 2. The van der Waals surface area contributed by atoms with Gasteiger partial charge in [0.1, 0.15) is 0 Å². The Morgan fingerprint density at radius 1 is 1.11 bits per heavy atom. The quantitative estimate of drug-likeness (QED) is 0.404. The van der Waals surface area contributed by atoms with Gasteiger partial charge in [-0.3, -0.25) is 14.2 Å². The van der Waals surface area contributed by atoms with Gasteiger partial charge in [-0.1, -0.05) is 23.9 Å². The third-order valence-electron chi connectivity index (χ3n) is 6.27. The molecule has 5 rings (SSSR count). The van der Waals surface area contributed by atoms with Crippen LogP contribution in [-0.4, -0.2) is 54.7 Å². The van der Waals surface area contributed by atoms with Crippen LogP contribution in [0.2, 0.25) is 0 Å². The molecule has 1 aliphatic heterocycles. The second-order valence-electron chi connectivity index (χ2n) is 8.58. The van der Waals surface area contributed by atoms with Crippen molar-refractivity contribution in [1.29, 1.82) is 0 Å². The van der Waals surface area contributed by atoms with E-state index < -0.39 is 0 Å². The Kier molecular flexibility index (Phi) is 6.45. The molecular weight excluding hydrogens is 464 g/mol. The van der Waals surface area contributed by atoms with Crippen LogP contribution in [0.1, 0.15) is 29.2 Å². The first-order valence-corrected chi connectivity index (χ1v) is 12.5. The van der Waals surface area contributed by atoms with Gasteiger partial charge in [0.15, 0.2) is 5.16 Å². The van der Waals surface area contributed by atoms with Crippen molar-refractivity contribution in [3.8, 4) is 0 Å². The van der Waals surface area contributed by atoms with Gasteiger partial charge in [-0.25, -0.2) is 9.78 Å². The summed E-state index contributed by atoms with van der Waals surface area (Å²) in [6, 6.07) is 14.7. The van der Waals surface area contributed by atoms with E-state index in [1.54, 1.807) is 30.5 Å². The molecule has 2 aromatic carbocycles. The van der Waals surface area contributed by atoms with E-state index in [0.717, 1.165) is 29.0 Å². The van der Waals surface area contributed by atoms with Gasteiger partial charge in [-0.15, -0.1) is 0 Å². The number of piperidine rings is 1. The Morgan fingerprint density at radius 2 is 1.86 bits per heavy atom. The van der Waals surface area contributed by atoms with E-state index in [0.29, 0.717) is 24.3 Å². The molecule has 10 heteroatoms. The molecule has 9 nitrogen and oxygen atoms in total. The van der Waals surface area contributed by atoms with Gasteiger partial charge in [0.05, 0.1) is 16.8 Å². The number of fused-ring (bicyclic) bond motifs is 1. The van der Waals surface area contributed by atoms with Gasteiger partial charge in [0.25, 0.3) is 5.91 Å². The number of carbonyl (C=O) groups is 2. The number of thioether (sulfide) groups is 1. The minimum Gasteiger partial charge on any atom is -0.338 e. The molecule has 4 aromatic rings. The number of benzene rings is 2. The fraction of sp³-hybridized carbons (Fsp3) is 0.280. The molecule has 0 bridgehead atoms. The molecule has 0 spiro atoms. The fourth-order valence-corrected chi connectivity index (χ4v) is 5.19. The molecule has 2 amide bonds. The highest BCUT2D eigenvalue weighted by molar-refractivity contribution is 7.99. The molecule has 0 unspecified atom stereocenters. The Hall–Kier alpha value is -3.79. The highest BCUT2D eigenvalue weighted by Crippen LogP contribution is 2.26. The fourth-order valence-electron chi connectivity index (χ4n) is 4.46. The molecular formula is C25H26N6O3S. The first-order chi connectivity index (χ1) is 17.0. The monoisotopic (exact) mass is 490 g/mol. The number of aromatic amines is 1. The van der Waals surface area contributed by atoms with E-state index in [-0.39, 0.29) is 29.3 Å². The molecule has 180 valence electrons. The number of imidazole rings is 2. The number of hydrogen-bond donors (Lipinski definition) is 2. The summed E-state index contributed by atoms with van der Waals surface area (Å²) in [6.45, 7) is 1.16.